The van der Waals surface area contributed by atoms with Gasteiger partial charge < -0.3 is 15.0 Å². The van der Waals surface area contributed by atoms with Gasteiger partial charge in [0.15, 0.2) is 0 Å². The summed E-state index contributed by atoms with van der Waals surface area (Å²) in [5.41, 5.74) is 0.539. The highest BCUT2D eigenvalue weighted by Crippen LogP contribution is 2.36. The van der Waals surface area contributed by atoms with Crippen LogP contribution in [0.15, 0.2) is 54.7 Å². The van der Waals surface area contributed by atoms with Crippen molar-refractivity contribution in [2.45, 2.75) is 26.1 Å². The van der Waals surface area contributed by atoms with E-state index >= 15 is 0 Å². The first kappa shape index (κ1) is 21.9. The number of anilines is 4. The summed E-state index contributed by atoms with van der Waals surface area (Å²) in [4.78, 5) is 9.53. The van der Waals surface area contributed by atoms with Crippen LogP contribution in [0.2, 0.25) is 0 Å². The molecule has 2 aromatic carbocycles. The monoisotopic (exact) mass is 427 g/mol. The Balaban J connectivity index is 1.92. The lowest BCUT2D eigenvalue weighted by Crippen LogP contribution is -2.17. The van der Waals surface area contributed by atoms with E-state index in [0.717, 1.165) is 6.20 Å². The van der Waals surface area contributed by atoms with Crippen LogP contribution in [0.3, 0.4) is 0 Å². The molecule has 0 aliphatic rings. The number of alkyl halides is 3. The van der Waals surface area contributed by atoms with Crippen molar-refractivity contribution < 1.29 is 17.9 Å². The molecule has 0 radical (unpaired) electrons. The van der Waals surface area contributed by atoms with Crippen molar-refractivity contribution in [2.24, 2.45) is 0 Å². The summed E-state index contributed by atoms with van der Waals surface area (Å²) in [6, 6.07) is 15.1. The Bertz CT molecular complexity index is 1070. The van der Waals surface area contributed by atoms with Gasteiger partial charge in [-0.15, -0.1) is 0 Å². The van der Waals surface area contributed by atoms with Crippen LogP contribution in [0, 0.1) is 11.3 Å². The molecule has 3 aromatic rings. The number of aromatic nitrogens is 2. The van der Waals surface area contributed by atoms with Crippen LogP contribution < -0.4 is 15.0 Å². The number of rotatable bonds is 6. The van der Waals surface area contributed by atoms with Crippen LogP contribution in [0.25, 0.3) is 0 Å². The molecule has 9 heteroatoms. The summed E-state index contributed by atoms with van der Waals surface area (Å²) in [7, 11) is 1.63. The minimum Gasteiger partial charge on any atom is -0.491 e. The third-order valence-corrected chi connectivity index (χ3v) is 4.25. The molecule has 0 fully saturated rings. The molecule has 0 aliphatic heterocycles. The van der Waals surface area contributed by atoms with E-state index in [4.69, 9.17) is 10.00 Å². The summed E-state index contributed by atoms with van der Waals surface area (Å²) in [5, 5.41) is 11.6. The maximum atomic E-state index is 13.5. The van der Waals surface area contributed by atoms with E-state index in [0.29, 0.717) is 22.7 Å². The Hall–Kier alpha value is -3.80. The zero-order chi connectivity index (χ0) is 22.6. The zero-order valence-electron chi connectivity index (χ0n) is 17.1. The lowest BCUT2D eigenvalue weighted by molar-refractivity contribution is -0.137. The standard InChI is InChI=1S/C22H20F3N5O/c1-14(2)31-18-10-6-16(7-11-18)28-20-19(22(23,24)25)13-27-21(29-20)30(3)17-8-4-15(12-26)5-9-17/h4-11,13-14H,1-3H3,(H,27,28,29). The molecule has 0 saturated heterocycles. The molecule has 3 rings (SSSR count). The Morgan fingerprint density at radius 2 is 1.71 bits per heavy atom. The fourth-order valence-electron chi connectivity index (χ4n) is 2.74. The van der Waals surface area contributed by atoms with Gasteiger partial charge in [0.2, 0.25) is 5.95 Å². The van der Waals surface area contributed by atoms with Gasteiger partial charge in [-0.2, -0.15) is 23.4 Å². The van der Waals surface area contributed by atoms with E-state index in [1.807, 2.05) is 19.9 Å². The van der Waals surface area contributed by atoms with Gasteiger partial charge in [-0.05, 0) is 62.4 Å². The number of hydrogen-bond acceptors (Lipinski definition) is 6. The fourth-order valence-corrected chi connectivity index (χ4v) is 2.74. The van der Waals surface area contributed by atoms with Gasteiger partial charge in [0.05, 0.1) is 17.7 Å². The Labute approximate surface area is 177 Å². The van der Waals surface area contributed by atoms with Crippen molar-refractivity contribution >= 4 is 23.1 Å². The fraction of sp³-hybridized carbons (Fsp3) is 0.227. The first-order valence-corrected chi connectivity index (χ1v) is 9.39. The van der Waals surface area contributed by atoms with Crippen LogP contribution in [-0.4, -0.2) is 23.1 Å². The number of benzene rings is 2. The van der Waals surface area contributed by atoms with Gasteiger partial charge in [0, 0.05) is 24.6 Å². The molecule has 1 N–H and O–H groups in total. The maximum Gasteiger partial charge on any atom is 0.421 e. The third kappa shape index (κ3) is 5.42. The second kappa shape index (κ2) is 8.92. The lowest BCUT2D eigenvalue weighted by atomic mass is 10.2. The number of nitrogens with zero attached hydrogens (tertiary/aromatic N) is 4. The summed E-state index contributed by atoms with van der Waals surface area (Å²) < 4.78 is 46.1. The molecule has 0 spiro atoms. The quantitative estimate of drug-likeness (QED) is 0.547. The molecule has 0 atom stereocenters. The van der Waals surface area contributed by atoms with E-state index in [1.54, 1.807) is 55.6 Å². The van der Waals surface area contributed by atoms with Gasteiger partial charge in [0.1, 0.15) is 17.1 Å². The van der Waals surface area contributed by atoms with E-state index in [-0.39, 0.29) is 17.9 Å². The highest BCUT2D eigenvalue weighted by atomic mass is 19.4. The number of ether oxygens (including phenoxy) is 1. The highest BCUT2D eigenvalue weighted by Gasteiger charge is 2.35. The number of nitriles is 1. The van der Waals surface area contributed by atoms with Gasteiger partial charge in [-0.3, -0.25) is 0 Å². The molecule has 0 unspecified atom stereocenters. The smallest absolute Gasteiger partial charge is 0.421 e. The molecular weight excluding hydrogens is 407 g/mol. The molecular formula is C22H20F3N5O. The van der Waals surface area contributed by atoms with Crippen molar-refractivity contribution in [3.8, 4) is 11.8 Å². The predicted octanol–water partition coefficient (Wildman–Crippen LogP) is 5.67. The van der Waals surface area contributed by atoms with Crippen molar-refractivity contribution in [1.29, 1.82) is 5.26 Å². The van der Waals surface area contributed by atoms with Crippen LogP contribution in [0.1, 0.15) is 25.0 Å². The third-order valence-electron chi connectivity index (χ3n) is 4.25. The first-order valence-electron chi connectivity index (χ1n) is 9.39. The van der Waals surface area contributed by atoms with Crippen LogP contribution >= 0.6 is 0 Å². The van der Waals surface area contributed by atoms with Crippen molar-refractivity contribution in [1.82, 2.24) is 9.97 Å². The molecule has 1 aromatic heterocycles. The molecule has 31 heavy (non-hydrogen) atoms. The summed E-state index contributed by atoms with van der Waals surface area (Å²) in [6.07, 6.45) is -3.90. The van der Waals surface area contributed by atoms with Crippen LogP contribution in [0.5, 0.6) is 5.75 Å². The predicted molar refractivity (Wildman–Crippen MR) is 112 cm³/mol. The molecule has 6 nitrogen and oxygen atoms in total. The maximum absolute atomic E-state index is 13.5. The topological polar surface area (TPSA) is 74.1 Å². The van der Waals surface area contributed by atoms with Crippen molar-refractivity contribution in [2.75, 3.05) is 17.3 Å². The normalized spacial score (nSPS) is 11.2. The Kier molecular flexibility index (Phi) is 6.30. The van der Waals surface area contributed by atoms with E-state index in [2.05, 4.69) is 15.3 Å². The first-order chi connectivity index (χ1) is 14.7. The largest absolute Gasteiger partial charge is 0.491 e. The van der Waals surface area contributed by atoms with E-state index in [1.165, 1.54) is 4.90 Å². The molecule has 160 valence electrons. The minimum atomic E-state index is -4.63. The van der Waals surface area contributed by atoms with Crippen LogP contribution in [0.4, 0.5) is 36.3 Å². The van der Waals surface area contributed by atoms with Crippen molar-refractivity contribution in [3.63, 3.8) is 0 Å². The summed E-state index contributed by atoms with van der Waals surface area (Å²) in [6.45, 7) is 3.77. The van der Waals surface area contributed by atoms with Crippen LogP contribution in [-0.2, 0) is 6.18 Å². The molecule has 0 saturated carbocycles. The highest BCUT2D eigenvalue weighted by molar-refractivity contribution is 5.64. The van der Waals surface area contributed by atoms with E-state index in [9.17, 15) is 13.2 Å². The lowest BCUT2D eigenvalue weighted by Gasteiger charge is -2.20. The number of hydrogen-bond donors (Lipinski definition) is 1. The van der Waals surface area contributed by atoms with E-state index < -0.39 is 11.7 Å². The average molecular weight is 427 g/mol. The molecule has 0 amide bonds. The number of nitrogens with one attached hydrogen (secondary N) is 1. The molecule has 0 bridgehead atoms. The Morgan fingerprint density at radius 1 is 1.06 bits per heavy atom. The molecule has 1 heterocycles. The summed E-state index contributed by atoms with van der Waals surface area (Å²) >= 11 is 0. The SMILES string of the molecule is CC(C)Oc1ccc(Nc2nc(N(C)c3ccc(C#N)cc3)ncc2C(F)(F)F)cc1. The average Bonchev–Trinajstić information content (AvgIpc) is 2.73. The number of halogens is 3. The minimum absolute atomic E-state index is 0.0159. The second-order valence-corrected chi connectivity index (χ2v) is 6.96. The Morgan fingerprint density at radius 3 is 2.26 bits per heavy atom. The summed E-state index contributed by atoms with van der Waals surface area (Å²) in [5.74, 6) is 0.316. The zero-order valence-corrected chi connectivity index (χ0v) is 17.1. The van der Waals surface area contributed by atoms with Gasteiger partial charge in [-0.25, -0.2) is 4.98 Å². The van der Waals surface area contributed by atoms with Gasteiger partial charge in [0.25, 0.3) is 0 Å². The molecule has 0 aliphatic carbocycles. The van der Waals surface area contributed by atoms with Gasteiger partial charge >= 0.3 is 6.18 Å². The van der Waals surface area contributed by atoms with Crippen molar-refractivity contribution in [3.05, 3.63) is 65.9 Å². The second-order valence-electron chi connectivity index (χ2n) is 6.96. The van der Waals surface area contributed by atoms with Gasteiger partial charge in [-0.1, -0.05) is 0 Å².